The van der Waals surface area contributed by atoms with Gasteiger partial charge in [0.05, 0.1) is 6.42 Å². The SMILES string of the molecule is O=C1CC(OC(=O)OCC2=CC(O)C(=O)C2O)C(=O)N1. The molecule has 0 saturated carbocycles. The molecule has 3 unspecified atom stereocenters. The molecule has 1 saturated heterocycles. The fourth-order valence-electron chi connectivity index (χ4n) is 1.77. The highest BCUT2D eigenvalue weighted by molar-refractivity contribution is 6.05. The largest absolute Gasteiger partial charge is 0.509 e. The summed E-state index contributed by atoms with van der Waals surface area (Å²) in [6.07, 6.45) is -4.65. The molecule has 108 valence electrons. The van der Waals surface area contributed by atoms with Crippen molar-refractivity contribution in [3.05, 3.63) is 11.6 Å². The summed E-state index contributed by atoms with van der Waals surface area (Å²) in [7, 11) is 0. The molecule has 2 aliphatic rings. The van der Waals surface area contributed by atoms with Gasteiger partial charge in [-0.1, -0.05) is 0 Å². The second-order valence-corrected chi connectivity index (χ2v) is 4.25. The van der Waals surface area contributed by atoms with Crippen molar-refractivity contribution in [3.63, 3.8) is 0 Å². The summed E-state index contributed by atoms with van der Waals surface area (Å²) >= 11 is 0. The van der Waals surface area contributed by atoms with E-state index in [1.54, 1.807) is 0 Å². The zero-order valence-electron chi connectivity index (χ0n) is 10.1. The number of ketones is 1. The second kappa shape index (κ2) is 5.39. The van der Waals surface area contributed by atoms with Gasteiger partial charge in [0.25, 0.3) is 5.91 Å². The maximum Gasteiger partial charge on any atom is 0.509 e. The van der Waals surface area contributed by atoms with Gasteiger partial charge in [-0.15, -0.1) is 0 Å². The summed E-state index contributed by atoms with van der Waals surface area (Å²) in [5, 5.41) is 20.5. The molecule has 0 aromatic carbocycles. The first-order chi connectivity index (χ1) is 9.38. The van der Waals surface area contributed by atoms with E-state index in [0.717, 1.165) is 6.08 Å². The molecule has 3 N–H and O–H groups in total. The van der Waals surface area contributed by atoms with Crippen molar-refractivity contribution in [2.45, 2.75) is 24.7 Å². The third kappa shape index (κ3) is 2.83. The van der Waals surface area contributed by atoms with Crippen molar-refractivity contribution in [3.8, 4) is 0 Å². The van der Waals surface area contributed by atoms with Crippen molar-refractivity contribution < 1.29 is 38.9 Å². The van der Waals surface area contributed by atoms with Crippen molar-refractivity contribution in [2.75, 3.05) is 6.61 Å². The topological polar surface area (TPSA) is 139 Å². The molecule has 0 aromatic rings. The van der Waals surface area contributed by atoms with Crippen LogP contribution >= 0.6 is 0 Å². The van der Waals surface area contributed by atoms with E-state index < -0.39 is 48.7 Å². The van der Waals surface area contributed by atoms with Gasteiger partial charge in [-0.05, 0) is 6.08 Å². The van der Waals surface area contributed by atoms with Gasteiger partial charge in [0.2, 0.25) is 5.91 Å². The molecular weight excluding hydrogens is 274 g/mol. The van der Waals surface area contributed by atoms with Crippen LogP contribution in [0.25, 0.3) is 0 Å². The first kappa shape index (κ1) is 14.2. The van der Waals surface area contributed by atoms with Gasteiger partial charge >= 0.3 is 6.16 Å². The van der Waals surface area contributed by atoms with E-state index in [1.165, 1.54) is 0 Å². The molecular formula is C11H11NO8. The number of imide groups is 1. The van der Waals surface area contributed by atoms with Crippen molar-refractivity contribution in [1.29, 1.82) is 0 Å². The van der Waals surface area contributed by atoms with E-state index in [1.807, 2.05) is 5.32 Å². The number of aliphatic hydroxyl groups excluding tert-OH is 2. The number of aliphatic hydroxyl groups is 2. The van der Waals surface area contributed by atoms with Crippen LogP contribution < -0.4 is 5.32 Å². The van der Waals surface area contributed by atoms with Crippen LogP contribution in [0.5, 0.6) is 0 Å². The van der Waals surface area contributed by atoms with E-state index in [9.17, 15) is 24.3 Å². The quantitative estimate of drug-likeness (QED) is 0.301. The van der Waals surface area contributed by atoms with Gasteiger partial charge in [0.15, 0.2) is 11.9 Å². The Bertz CT molecular complexity index is 511. The van der Waals surface area contributed by atoms with Crippen LogP contribution in [0.1, 0.15) is 6.42 Å². The fraction of sp³-hybridized carbons (Fsp3) is 0.455. The number of hydrogen-bond donors (Lipinski definition) is 3. The second-order valence-electron chi connectivity index (χ2n) is 4.25. The highest BCUT2D eigenvalue weighted by Crippen LogP contribution is 2.17. The number of carbonyl (C=O) groups is 4. The van der Waals surface area contributed by atoms with Gasteiger partial charge in [-0.3, -0.25) is 19.7 Å². The number of carbonyl (C=O) groups excluding carboxylic acids is 4. The highest BCUT2D eigenvalue weighted by atomic mass is 16.7. The van der Waals surface area contributed by atoms with Gasteiger partial charge in [-0.2, -0.15) is 0 Å². The maximum atomic E-state index is 11.3. The van der Waals surface area contributed by atoms with Gasteiger partial charge in [0.1, 0.15) is 18.8 Å². The zero-order chi connectivity index (χ0) is 14.9. The number of rotatable bonds is 3. The molecule has 2 rings (SSSR count). The van der Waals surface area contributed by atoms with E-state index in [4.69, 9.17) is 5.11 Å². The summed E-state index contributed by atoms with van der Waals surface area (Å²) in [4.78, 5) is 44.4. The molecule has 1 aliphatic carbocycles. The number of amides is 2. The molecule has 9 nitrogen and oxygen atoms in total. The van der Waals surface area contributed by atoms with Gasteiger partial charge in [-0.25, -0.2) is 4.79 Å². The average molecular weight is 285 g/mol. The minimum Gasteiger partial charge on any atom is -0.430 e. The number of Topliss-reactive ketones (excluding diaryl/α,β-unsaturated/α-hetero) is 1. The Morgan fingerprint density at radius 3 is 2.55 bits per heavy atom. The fourth-order valence-corrected chi connectivity index (χ4v) is 1.77. The Morgan fingerprint density at radius 2 is 2.05 bits per heavy atom. The number of hydrogen-bond acceptors (Lipinski definition) is 8. The lowest BCUT2D eigenvalue weighted by Crippen LogP contribution is -2.29. The summed E-state index contributed by atoms with van der Waals surface area (Å²) in [5.74, 6) is -2.11. The standard InChI is InChI=1S/C11H11NO8/c13-5-1-4(8(15)9(5)16)3-19-11(18)20-6-2-7(14)12-10(6)17/h1,5-6,8,13,15H,2-3H2,(H,12,14,17). The summed E-state index contributed by atoms with van der Waals surface area (Å²) in [6.45, 7) is -0.467. The lowest BCUT2D eigenvalue weighted by atomic mass is 10.2. The van der Waals surface area contributed by atoms with Crippen LogP contribution in [0.2, 0.25) is 0 Å². The Morgan fingerprint density at radius 1 is 1.35 bits per heavy atom. The number of nitrogens with one attached hydrogen (secondary N) is 1. The normalized spacial score (nSPS) is 29.2. The van der Waals surface area contributed by atoms with E-state index in [2.05, 4.69) is 9.47 Å². The minimum absolute atomic E-state index is 0.0198. The van der Waals surface area contributed by atoms with Crippen LogP contribution in [0.15, 0.2) is 11.6 Å². The molecule has 1 aliphatic heterocycles. The Balaban J connectivity index is 1.82. The summed E-state index contributed by atoms with van der Waals surface area (Å²) in [5.41, 5.74) is 0.0198. The summed E-state index contributed by atoms with van der Waals surface area (Å²) < 4.78 is 9.19. The van der Waals surface area contributed by atoms with E-state index >= 15 is 0 Å². The first-order valence-corrected chi connectivity index (χ1v) is 5.66. The molecule has 0 radical (unpaired) electrons. The molecule has 0 bridgehead atoms. The van der Waals surface area contributed by atoms with Crippen LogP contribution in [-0.2, 0) is 23.9 Å². The van der Waals surface area contributed by atoms with Crippen molar-refractivity contribution in [1.82, 2.24) is 5.32 Å². The van der Waals surface area contributed by atoms with Crippen LogP contribution in [0.3, 0.4) is 0 Å². The molecule has 2 amide bonds. The van der Waals surface area contributed by atoms with Crippen LogP contribution in [0.4, 0.5) is 4.79 Å². The first-order valence-electron chi connectivity index (χ1n) is 5.66. The van der Waals surface area contributed by atoms with E-state index in [-0.39, 0.29) is 12.0 Å². The molecule has 1 fully saturated rings. The number of ether oxygens (including phenoxy) is 2. The predicted octanol–water partition coefficient (Wildman–Crippen LogP) is -2.21. The van der Waals surface area contributed by atoms with Gasteiger partial charge in [0, 0.05) is 5.57 Å². The highest BCUT2D eigenvalue weighted by Gasteiger charge is 2.36. The lowest BCUT2D eigenvalue weighted by Gasteiger charge is -2.10. The molecule has 20 heavy (non-hydrogen) atoms. The third-order valence-corrected chi connectivity index (χ3v) is 2.81. The Labute approximate surface area is 112 Å². The smallest absolute Gasteiger partial charge is 0.430 e. The average Bonchev–Trinajstić information content (AvgIpc) is 2.81. The molecule has 3 atom stereocenters. The van der Waals surface area contributed by atoms with Crippen molar-refractivity contribution in [2.24, 2.45) is 0 Å². The lowest BCUT2D eigenvalue weighted by molar-refractivity contribution is -0.130. The minimum atomic E-state index is -1.53. The van der Waals surface area contributed by atoms with E-state index in [0.29, 0.717) is 0 Å². The maximum absolute atomic E-state index is 11.3. The summed E-state index contributed by atoms with van der Waals surface area (Å²) in [6, 6.07) is 0. The Kier molecular flexibility index (Phi) is 3.81. The van der Waals surface area contributed by atoms with Crippen LogP contribution in [0, 0.1) is 0 Å². The zero-order valence-corrected chi connectivity index (χ0v) is 10.1. The molecule has 0 aromatic heterocycles. The Hall–Kier alpha value is -2.26. The molecule has 9 heteroatoms. The predicted molar refractivity (Wildman–Crippen MR) is 59.1 cm³/mol. The van der Waals surface area contributed by atoms with Gasteiger partial charge < -0.3 is 19.7 Å². The molecule has 0 spiro atoms. The monoisotopic (exact) mass is 285 g/mol. The van der Waals surface area contributed by atoms with Crippen LogP contribution in [-0.4, -0.2) is 58.9 Å². The van der Waals surface area contributed by atoms with Crippen molar-refractivity contribution >= 4 is 23.8 Å². The molecule has 1 heterocycles. The third-order valence-electron chi connectivity index (χ3n) is 2.81.